The van der Waals surface area contributed by atoms with E-state index in [0.717, 1.165) is 13.0 Å². The lowest BCUT2D eigenvalue weighted by Crippen LogP contribution is -2.11. The van der Waals surface area contributed by atoms with Crippen molar-refractivity contribution in [1.82, 2.24) is 4.98 Å². The Balaban J connectivity index is 1.87. The maximum absolute atomic E-state index is 4.02. The largest absolute Gasteiger partial charge is 0.385 e. The first-order valence-corrected chi connectivity index (χ1v) is 6.79. The van der Waals surface area contributed by atoms with Gasteiger partial charge in [-0.15, -0.1) is 0 Å². The van der Waals surface area contributed by atoms with Crippen LogP contribution in [-0.4, -0.2) is 11.5 Å². The Bertz CT molecular complexity index is 495. The van der Waals surface area contributed by atoms with Crippen molar-refractivity contribution in [3.63, 3.8) is 0 Å². The lowest BCUT2D eigenvalue weighted by Gasteiger charge is -2.19. The number of benzene rings is 1. The molecule has 0 saturated carbocycles. The highest BCUT2D eigenvalue weighted by atomic mass is 14.9. The van der Waals surface area contributed by atoms with E-state index in [2.05, 4.69) is 67.5 Å². The van der Waals surface area contributed by atoms with Crippen LogP contribution in [0.1, 0.15) is 31.9 Å². The summed E-state index contributed by atoms with van der Waals surface area (Å²) in [4.78, 5) is 4.02. The average molecular weight is 254 g/mol. The summed E-state index contributed by atoms with van der Waals surface area (Å²) in [5, 5.41) is 3.45. The first-order chi connectivity index (χ1) is 9.05. The Kier molecular flexibility index (Phi) is 4.20. The van der Waals surface area contributed by atoms with Crippen LogP contribution in [0.25, 0.3) is 0 Å². The van der Waals surface area contributed by atoms with Gasteiger partial charge in [-0.05, 0) is 47.2 Å². The van der Waals surface area contributed by atoms with Crippen LogP contribution in [0.15, 0.2) is 48.8 Å². The molecular weight excluding hydrogens is 232 g/mol. The highest BCUT2D eigenvalue weighted by Gasteiger charge is 2.12. The summed E-state index contributed by atoms with van der Waals surface area (Å²) in [6.45, 7) is 7.65. The van der Waals surface area contributed by atoms with Crippen LogP contribution in [0.4, 0.5) is 5.69 Å². The summed E-state index contributed by atoms with van der Waals surface area (Å²) in [6, 6.07) is 12.8. The molecule has 0 radical (unpaired) electrons. The van der Waals surface area contributed by atoms with Crippen molar-refractivity contribution in [1.29, 1.82) is 0 Å². The lowest BCUT2D eigenvalue weighted by molar-refractivity contribution is 0.590. The van der Waals surface area contributed by atoms with Gasteiger partial charge in [-0.3, -0.25) is 4.98 Å². The summed E-state index contributed by atoms with van der Waals surface area (Å²) in [5.74, 6) is 0. The van der Waals surface area contributed by atoms with Crippen LogP contribution in [-0.2, 0) is 11.8 Å². The van der Waals surface area contributed by atoms with Crippen molar-refractivity contribution >= 4 is 5.69 Å². The van der Waals surface area contributed by atoms with Crippen LogP contribution in [0.5, 0.6) is 0 Å². The van der Waals surface area contributed by atoms with Crippen molar-refractivity contribution in [3.8, 4) is 0 Å². The zero-order valence-corrected chi connectivity index (χ0v) is 12.0. The Hall–Kier alpha value is -1.83. The van der Waals surface area contributed by atoms with E-state index in [1.807, 2.05) is 12.4 Å². The molecule has 2 nitrogen and oxygen atoms in total. The van der Waals surface area contributed by atoms with Crippen LogP contribution in [0.3, 0.4) is 0 Å². The molecule has 0 saturated heterocycles. The van der Waals surface area contributed by atoms with E-state index in [0.29, 0.717) is 0 Å². The van der Waals surface area contributed by atoms with Gasteiger partial charge < -0.3 is 5.32 Å². The second kappa shape index (κ2) is 5.87. The number of hydrogen-bond donors (Lipinski definition) is 1. The van der Waals surface area contributed by atoms with E-state index in [-0.39, 0.29) is 5.41 Å². The quantitative estimate of drug-likeness (QED) is 0.891. The third kappa shape index (κ3) is 4.09. The molecular formula is C17H22N2. The van der Waals surface area contributed by atoms with Gasteiger partial charge in [-0.2, -0.15) is 0 Å². The minimum atomic E-state index is 0.218. The van der Waals surface area contributed by atoms with Crippen molar-refractivity contribution in [2.45, 2.75) is 32.6 Å². The second-order valence-electron chi connectivity index (χ2n) is 5.86. The van der Waals surface area contributed by atoms with E-state index in [9.17, 15) is 0 Å². The third-order valence-corrected chi connectivity index (χ3v) is 3.24. The van der Waals surface area contributed by atoms with E-state index >= 15 is 0 Å². The normalized spacial score (nSPS) is 11.3. The number of aromatic nitrogens is 1. The SMILES string of the molecule is CC(C)(C)c1ccc(NCCc2ccncc2)cc1. The van der Waals surface area contributed by atoms with Gasteiger partial charge in [0.2, 0.25) is 0 Å². The number of rotatable bonds is 4. The number of pyridine rings is 1. The molecule has 1 heterocycles. The van der Waals surface area contributed by atoms with Gasteiger partial charge in [0.25, 0.3) is 0 Å². The fourth-order valence-corrected chi connectivity index (χ4v) is 1.99. The highest BCUT2D eigenvalue weighted by Crippen LogP contribution is 2.23. The first kappa shape index (κ1) is 13.6. The number of anilines is 1. The Morgan fingerprint density at radius 2 is 1.58 bits per heavy atom. The molecule has 19 heavy (non-hydrogen) atoms. The first-order valence-electron chi connectivity index (χ1n) is 6.79. The fourth-order valence-electron chi connectivity index (χ4n) is 1.99. The number of nitrogens with zero attached hydrogens (tertiary/aromatic N) is 1. The molecule has 1 aromatic carbocycles. The predicted octanol–water partition coefficient (Wildman–Crippen LogP) is 4.03. The molecule has 1 N–H and O–H groups in total. The molecule has 2 heteroatoms. The van der Waals surface area contributed by atoms with Gasteiger partial charge in [0.15, 0.2) is 0 Å². The third-order valence-electron chi connectivity index (χ3n) is 3.24. The van der Waals surface area contributed by atoms with Crippen molar-refractivity contribution < 1.29 is 0 Å². The zero-order valence-electron chi connectivity index (χ0n) is 12.0. The molecule has 1 aromatic heterocycles. The average Bonchev–Trinajstić information content (AvgIpc) is 2.39. The van der Waals surface area contributed by atoms with Crippen molar-refractivity contribution in [2.24, 2.45) is 0 Å². The van der Waals surface area contributed by atoms with E-state index < -0.39 is 0 Å². The molecule has 0 amide bonds. The molecule has 0 spiro atoms. The molecule has 0 atom stereocenters. The van der Waals surface area contributed by atoms with Gasteiger partial charge in [-0.1, -0.05) is 32.9 Å². The summed E-state index contributed by atoms with van der Waals surface area (Å²) in [6.07, 6.45) is 4.70. The van der Waals surface area contributed by atoms with Crippen LogP contribution >= 0.6 is 0 Å². The molecule has 2 rings (SSSR count). The minimum absolute atomic E-state index is 0.218. The predicted molar refractivity (Wildman–Crippen MR) is 81.6 cm³/mol. The summed E-state index contributed by atoms with van der Waals surface area (Å²) < 4.78 is 0. The van der Waals surface area contributed by atoms with Gasteiger partial charge in [0, 0.05) is 24.6 Å². The Morgan fingerprint density at radius 1 is 0.947 bits per heavy atom. The highest BCUT2D eigenvalue weighted by molar-refractivity contribution is 5.45. The molecule has 0 bridgehead atoms. The topological polar surface area (TPSA) is 24.9 Å². The Morgan fingerprint density at radius 3 is 2.16 bits per heavy atom. The molecule has 0 aliphatic heterocycles. The molecule has 100 valence electrons. The van der Waals surface area contributed by atoms with Gasteiger partial charge in [-0.25, -0.2) is 0 Å². The second-order valence-corrected chi connectivity index (χ2v) is 5.86. The molecule has 0 fully saturated rings. The van der Waals surface area contributed by atoms with Crippen LogP contribution in [0, 0.1) is 0 Å². The smallest absolute Gasteiger partial charge is 0.0340 e. The number of nitrogens with one attached hydrogen (secondary N) is 1. The maximum atomic E-state index is 4.02. The zero-order chi connectivity index (χ0) is 13.7. The summed E-state index contributed by atoms with van der Waals surface area (Å²) in [7, 11) is 0. The van der Waals surface area contributed by atoms with Crippen LogP contribution in [0.2, 0.25) is 0 Å². The van der Waals surface area contributed by atoms with Gasteiger partial charge in [0.05, 0.1) is 0 Å². The van der Waals surface area contributed by atoms with Crippen LogP contribution < -0.4 is 5.32 Å². The van der Waals surface area contributed by atoms with Gasteiger partial charge >= 0.3 is 0 Å². The molecule has 0 unspecified atom stereocenters. The number of hydrogen-bond acceptors (Lipinski definition) is 2. The van der Waals surface area contributed by atoms with E-state index in [4.69, 9.17) is 0 Å². The summed E-state index contributed by atoms with van der Waals surface area (Å²) >= 11 is 0. The standard InChI is InChI=1S/C17H22N2/c1-17(2,3)15-4-6-16(7-5-15)19-13-10-14-8-11-18-12-9-14/h4-9,11-12,19H,10,13H2,1-3H3. The van der Waals surface area contributed by atoms with Gasteiger partial charge in [0.1, 0.15) is 0 Å². The van der Waals surface area contributed by atoms with E-state index in [1.165, 1.54) is 16.8 Å². The minimum Gasteiger partial charge on any atom is -0.385 e. The van der Waals surface area contributed by atoms with Crippen molar-refractivity contribution in [3.05, 3.63) is 59.9 Å². The molecule has 0 aliphatic rings. The Labute approximate surface area is 115 Å². The molecule has 2 aromatic rings. The van der Waals surface area contributed by atoms with E-state index in [1.54, 1.807) is 0 Å². The fraction of sp³-hybridized carbons (Fsp3) is 0.353. The van der Waals surface area contributed by atoms with Crippen molar-refractivity contribution in [2.75, 3.05) is 11.9 Å². The maximum Gasteiger partial charge on any atom is 0.0340 e. The summed E-state index contributed by atoms with van der Waals surface area (Å²) in [5.41, 5.74) is 4.08. The lowest BCUT2D eigenvalue weighted by atomic mass is 9.87. The molecule has 0 aliphatic carbocycles. The monoisotopic (exact) mass is 254 g/mol.